The molecule has 2 rings (SSSR count). The molecule has 1 aromatic carbocycles. The number of aromatic nitrogens is 1. The molecule has 0 fully saturated rings. The highest BCUT2D eigenvalue weighted by atomic mass is 16.5. The lowest BCUT2D eigenvalue weighted by Crippen LogP contribution is -1.73. The highest BCUT2D eigenvalue weighted by Gasteiger charge is 1.96. The molecule has 0 aliphatic carbocycles. The van der Waals surface area contributed by atoms with Crippen LogP contribution < -0.4 is 0 Å². The van der Waals surface area contributed by atoms with Gasteiger partial charge in [0.1, 0.15) is 12.0 Å². The van der Waals surface area contributed by atoms with E-state index in [1.54, 1.807) is 6.26 Å². The summed E-state index contributed by atoms with van der Waals surface area (Å²) < 4.78 is 4.72. The quantitative estimate of drug-likeness (QED) is 0.617. The van der Waals surface area contributed by atoms with E-state index in [2.05, 4.69) is 5.16 Å². The first-order chi connectivity index (χ1) is 5.47. The fraction of sp³-hybridized carbons (Fsp3) is 0. The van der Waals surface area contributed by atoms with Crippen molar-refractivity contribution in [3.05, 3.63) is 42.7 Å². The zero-order valence-electron chi connectivity index (χ0n) is 5.90. The van der Waals surface area contributed by atoms with Crippen LogP contribution >= 0.6 is 0 Å². The van der Waals surface area contributed by atoms with Crippen LogP contribution in [0.15, 0.2) is 47.2 Å². The van der Waals surface area contributed by atoms with Crippen LogP contribution in [0.3, 0.4) is 0 Å². The van der Waals surface area contributed by atoms with E-state index in [1.165, 1.54) is 0 Å². The minimum Gasteiger partial charge on any atom is -0.364 e. The van der Waals surface area contributed by atoms with Crippen molar-refractivity contribution in [1.29, 1.82) is 0 Å². The summed E-state index contributed by atoms with van der Waals surface area (Å²) in [4.78, 5) is 0. The van der Waals surface area contributed by atoms with Gasteiger partial charge in [-0.25, -0.2) is 0 Å². The SMILES string of the molecule is c1ccc(-c2[13cH]con2)cc1. The molecule has 2 heteroatoms. The third-order valence-electron chi connectivity index (χ3n) is 1.51. The molecule has 0 N–H and O–H groups in total. The predicted octanol–water partition coefficient (Wildman–Crippen LogP) is 2.34. The van der Waals surface area contributed by atoms with Crippen molar-refractivity contribution in [1.82, 2.24) is 5.16 Å². The first kappa shape index (κ1) is 6.16. The summed E-state index contributed by atoms with van der Waals surface area (Å²) in [6.07, 6.45) is 1.57. The van der Waals surface area contributed by atoms with Crippen molar-refractivity contribution < 1.29 is 4.52 Å². The minimum atomic E-state index is 0.880. The van der Waals surface area contributed by atoms with Gasteiger partial charge in [0.25, 0.3) is 0 Å². The van der Waals surface area contributed by atoms with E-state index in [9.17, 15) is 0 Å². The number of nitrogens with zero attached hydrogens (tertiary/aromatic N) is 1. The lowest BCUT2D eigenvalue weighted by molar-refractivity contribution is 0.422. The molecule has 0 aliphatic heterocycles. The zero-order chi connectivity index (χ0) is 7.52. The monoisotopic (exact) mass is 146 g/mol. The third kappa shape index (κ3) is 1.15. The normalized spacial score (nSPS) is 9.82. The van der Waals surface area contributed by atoms with Gasteiger partial charge in [-0.3, -0.25) is 0 Å². The van der Waals surface area contributed by atoms with E-state index >= 15 is 0 Å². The molecule has 0 saturated heterocycles. The highest BCUT2D eigenvalue weighted by Crippen LogP contribution is 2.14. The Morgan fingerprint density at radius 1 is 1.00 bits per heavy atom. The first-order valence-corrected chi connectivity index (χ1v) is 3.42. The number of rotatable bonds is 1. The van der Waals surface area contributed by atoms with Crippen molar-refractivity contribution in [3.8, 4) is 11.3 Å². The predicted molar refractivity (Wildman–Crippen MR) is 41.9 cm³/mol. The Morgan fingerprint density at radius 2 is 1.82 bits per heavy atom. The molecule has 0 saturated carbocycles. The first-order valence-electron chi connectivity index (χ1n) is 3.42. The Morgan fingerprint density at radius 3 is 2.45 bits per heavy atom. The molecular formula is C9H7NO. The second-order valence-corrected chi connectivity index (χ2v) is 2.25. The van der Waals surface area contributed by atoms with Crippen LogP contribution in [-0.2, 0) is 0 Å². The summed E-state index contributed by atoms with van der Waals surface area (Å²) in [6.45, 7) is 0. The molecule has 0 amide bonds. The fourth-order valence-electron chi connectivity index (χ4n) is 0.970. The van der Waals surface area contributed by atoms with Crippen molar-refractivity contribution in [2.75, 3.05) is 0 Å². The van der Waals surface area contributed by atoms with Crippen LogP contribution in [-0.4, -0.2) is 5.16 Å². The Labute approximate surface area is 64.5 Å². The second-order valence-electron chi connectivity index (χ2n) is 2.25. The molecule has 0 atom stereocenters. The fourth-order valence-corrected chi connectivity index (χ4v) is 0.970. The smallest absolute Gasteiger partial charge is 0.124 e. The molecule has 0 unspecified atom stereocenters. The van der Waals surface area contributed by atoms with Gasteiger partial charge in [0, 0.05) is 11.6 Å². The molecule has 1 aromatic heterocycles. The Kier molecular flexibility index (Phi) is 1.44. The molecule has 0 spiro atoms. The van der Waals surface area contributed by atoms with E-state index in [-0.39, 0.29) is 0 Å². The Balaban J connectivity index is 2.46. The van der Waals surface area contributed by atoms with E-state index in [0.717, 1.165) is 11.3 Å². The highest BCUT2D eigenvalue weighted by molar-refractivity contribution is 5.57. The van der Waals surface area contributed by atoms with Gasteiger partial charge in [0.15, 0.2) is 0 Å². The maximum absolute atomic E-state index is 4.72. The zero-order valence-corrected chi connectivity index (χ0v) is 5.90. The average Bonchev–Trinajstić information content (AvgIpc) is 2.58. The maximum Gasteiger partial charge on any atom is 0.124 e. The van der Waals surface area contributed by atoms with Crippen LogP contribution in [0.25, 0.3) is 11.3 Å². The largest absolute Gasteiger partial charge is 0.364 e. The van der Waals surface area contributed by atoms with Gasteiger partial charge in [0.2, 0.25) is 0 Å². The van der Waals surface area contributed by atoms with Crippen molar-refractivity contribution in [2.24, 2.45) is 0 Å². The standard InChI is InChI=1S/C9H7NO/c1-2-4-8(5-3-1)9-6-7-11-10-9/h1-7H/i6+1. The molecule has 0 aliphatic rings. The van der Waals surface area contributed by atoms with Gasteiger partial charge in [-0.05, 0) is 0 Å². The van der Waals surface area contributed by atoms with Crippen LogP contribution in [0.5, 0.6) is 0 Å². The third-order valence-corrected chi connectivity index (χ3v) is 1.51. The maximum atomic E-state index is 4.72. The summed E-state index contributed by atoms with van der Waals surface area (Å²) in [7, 11) is 0. The van der Waals surface area contributed by atoms with Gasteiger partial charge in [-0.2, -0.15) is 0 Å². The van der Waals surface area contributed by atoms with Gasteiger partial charge in [-0.1, -0.05) is 35.5 Å². The van der Waals surface area contributed by atoms with Crippen molar-refractivity contribution in [2.45, 2.75) is 0 Å². The summed E-state index contributed by atoms with van der Waals surface area (Å²) in [5.41, 5.74) is 1.96. The van der Waals surface area contributed by atoms with Crippen LogP contribution in [0.4, 0.5) is 0 Å². The molecule has 2 nitrogen and oxygen atoms in total. The molecule has 0 bridgehead atoms. The lowest BCUT2D eigenvalue weighted by atomic mass is 10.2. The Bertz CT molecular complexity index is 313. The second kappa shape index (κ2) is 2.58. The molecule has 11 heavy (non-hydrogen) atoms. The summed E-state index contributed by atoms with van der Waals surface area (Å²) in [5, 5.41) is 3.81. The van der Waals surface area contributed by atoms with E-state index in [0.29, 0.717) is 0 Å². The summed E-state index contributed by atoms with van der Waals surface area (Å²) in [6, 6.07) is 11.8. The van der Waals surface area contributed by atoms with E-state index < -0.39 is 0 Å². The number of benzene rings is 1. The van der Waals surface area contributed by atoms with Crippen LogP contribution in [0.2, 0.25) is 0 Å². The topological polar surface area (TPSA) is 26.0 Å². The van der Waals surface area contributed by atoms with Gasteiger partial charge in [0.05, 0.1) is 0 Å². The Hall–Kier alpha value is -1.57. The molecule has 54 valence electrons. The lowest BCUT2D eigenvalue weighted by Gasteiger charge is -1.90. The van der Waals surface area contributed by atoms with Crippen LogP contribution in [0, 0.1) is 0 Å². The number of hydrogen-bond donors (Lipinski definition) is 0. The van der Waals surface area contributed by atoms with Gasteiger partial charge in [-0.15, -0.1) is 0 Å². The molecular weight excluding hydrogens is 139 g/mol. The van der Waals surface area contributed by atoms with Crippen LogP contribution in [0.1, 0.15) is 0 Å². The van der Waals surface area contributed by atoms with Crippen molar-refractivity contribution in [3.63, 3.8) is 0 Å². The number of hydrogen-bond acceptors (Lipinski definition) is 2. The summed E-state index contributed by atoms with van der Waals surface area (Å²) >= 11 is 0. The average molecular weight is 146 g/mol. The van der Waals surface area contributed by atoms with Gasteiger partial charge < -0.3 is 4.52 Å². The van der Waals surface area contributed by atoms with Gasteiger partial charge >= 0.3 is 0 Å². The molecule has 1 heterocycles. The molecule has 2 aromatic rings. The van der Waals surface area contributed by atoms with E-state index in [1.807, 2.05) is 36.4 Å². The summed E-state index contributed by atoms with van der Waals surface area (Å²) in [5.74, 6) is 0. The molecule has 0 radical (unpaired) electrons. The van der Waals surface area contributed by atoms with E-state index in [4.69, 9.17) is 4.52 Å². The minimum absolute atomic E-state index is 0.880. The van der Waals surface area contributed by atoms with Crippen molar-refractivity contribution >= 4 is 0 Å².